The molecule has 2 heteroatoms. The zero-order valence-corrected chi connectivity index (χ0v) is 5.22. The van der Waals surface area contributed by atoms with Crippen molar-refractivity contribution in [3.8, 4) is 0 Å². The number of aromatic nitrogens is 1. The quantitative estimate of drug-likeness (QED) is 0.525. The van der Waals surface area contributed by atoms with Gasteiger partial charge >= 0.3 is 0 Å². The van der Waals surface area contributed by atoms with Crippen molar-refractivity contribution in [3.63, 3.8) is 0 Å². The summed E-state index contributed by atoms with van der Waals surface area (Å²) in [4.78, 5) is 0. The predicted octanol–water partition coefficient (Wildman–Crippen LogP) is 0.391. The van der Waals surface area contributed by atoms with E-state index in [1.165, 1.54) is 5.69 Å². The maximum absolute atomic E-state index is 3.29. The van der Waals surface area contributed by atoms with Crippen molar-refractivity contribution in [2.24, 2.45) is 0 Å². The van der Waals surface area contributed by atoms with Gasteiger partial charge in [0.25, 0.3) is 0 Å². The highest BCUT2D eigenvalue weighted by Gasteiger charge is 2.04. The number of nitrogens with zero attached hydrogens (tertiary/aromatic N) is 1. The summed E-state index contributed by atoms with van der Waals surface area (Å²) >= 11 is 0. The fourth-order valence-corrected chi connectivity index (χ4v) is 1.17. The first-order valence-corrected chi connectivity index (χ1v) is 3.22. The highest BCUT2D eigenvalue weighted by Crippen LogP contribution is 2.03. The molecule has 2 heterocycles. The first-order chi connectivity index (χ1) is 4.47. The van der Waals surface area contributed by atoms with E-state index in [1.807, 2.05) is 12.3 Å². The summed E-state index contributed by atoms with van der Waals surface area (Å²) in [5.41, 5.74) is 1.35. The summed E-state index contributed by atoms with van der Waals surface area (Å²) in [7, 11) is 0. The van der Waals surface area contributed by atoms with Crippen molar-refractivity contribution in [1.29, 1.82) is 0 Å². The molecule has 1 aliphatic heterocycles. The Morgan fingerprint density at radius 2 is 2.67 bits per heavy atom. The van der Waals surface area contributed by atoms with Crippen LogP contribution in [0.4, 0.5) is 0 Å². The van der Waals surface area contributed by atoms with Crippen LogP contribution in [0.15, 0.2) is 12.3 Å². The van der Waals surface area contributed by atoms with Gasteiger partial charge in [-0.25, -0.2) is 0 Å². The maximum Gasteiger partial charge on any atom is 0.0360 e. The lowest BCUT2D eigenvalue weighted by Crippen LogP contribution is -2.27. The minimum atomic E-state index is 1.00. The Balaban J connectivity index is 2.39. The third-order valence-corrected chi connectivity index (χ3v) is 1.68. The molecule has 0 amide bonds. The Bertz CT molecular complexity index is 182. The fourth-order valence-electron chi connectivity index (χ4n) is 1.17. The summed E-state index contributed by atoms with van der Waals surface area (Å²) in [5.74, 6) is 0. The molecular weight excluding hydrogens is 112 g/mol. The summed E-state index contributed by atoms with van der Waals surface area (Å²) < 4.78 is 2.23. The molecule has 1 radical (unpaired) electrons. The van der Waals surface area contributed by atoms with Crippen molar-refractivity contribution in [2.75, 3.05) is 6.54 Å². The van der Waals surface area contributed by atoms with E-state index in [-0.39, 0.29) is 0 Å². The highest BCUT2D eigenvalue weighted by molar-refractivity contribution is 5.06. The SMILES string of the molecule is [c]1cc2n(c1)CCNC2. The largest absolute Gasteiger partial charge is 0.348 e. The van der Waals surface area contributed by atoms with Crippen molar-refractivity contribution >= 4 is 0 Å². The van der Waals surface area contributed by atoms with Gasteiger partial charge < -0.3 is 9.88 Å². The molecule has 1 aromatic rings. The van der Waals surface area contributed by atoms with Gasteiger partial charge in [-0.2, -0.15) is 0 Å². The zero-order chi connectivity index (χ0) is 6.10. The van der Waals surface area contributed by atoms with Crippen molar-refractivity contribution in [1.82, 2.24) is 9.88 Å². The van der Waals surface area contributed by atoms with E-state index in [9.17, 15) is 0 Å². The predicted molar refractivity (Wildman–Crippen MR) is 35.0 cm³/mol. The monoisotopic (exact) mass is 121 g/mol. The summed E-state index contributed by atoms with van der Waals surface area (Å²) in [6.07, 6.45) is 2.01. The number of fused-ring (bicyclic) bond motifs is 1. The average molecular weight is 121 g/mol. The van der Waals surface area contributed by atoms with E-state index in [2.05, 4.69) is 16.0 Å². The molecule has 2 rings (SSSR count). The smallest absolute Gasteiger partial charge is 0.0360 e. The summed E-state index contributed by atoms with van der Waals surface area (Å²) in [6.45, 7) is 3.19. The van der Waals surface area contributed by atoms with Crippen LogP contribution in [0.5, 0.6) is 0 Å². The zero-order valence-electron chi connectivity index (χ0n) is 5.22. The second kappa shape index (κ2) is 1.88. The van der Waals surface area contributed by atoms with Crippen LogP contribution in [0.1, 0.15) is 5.69 Å². The standard InChI is InChI=1S/C7H9N2/c1-2-7-6-8-3-5-9(7)4-1/h2,4,8H,3,5-6H2. The Morgan fingerprint density at radius 1 is 1.67 bits per heavy atom. The molecule has 1 N–H and O–H groups in total. The highest BCUT2D eigenvalue weighted by atomic mass is 15.1. The molecule has 0 saturated heterocycles. The van der Waals surface area contributed by atoms with E-state index >= 15 is 0 Å². The Hall–Kier alpha value is -0.760. The van der Waals surface area contributed by atoms with Gasteiger partial charge in [0.2, 0.25) is 0 Å². The first-order valence-electron chi connectivity index (χ1n) is 3.22. The van der Waals surface area contributed by atoms with Crippen LogP contribution < -0.4 is 5.32 Å². The Kier molecular flexibility index (Phi) is 1.06. The van der Waals surface area contributed by atoms with Gasteiger partial charge in [-0.3, -0.25) is 0 Å². The molecule has 0 aliphatic carbocycles. The number of hydrogen-bond acceptors (Lipinski definition) is 1. The molecule has 0 atom stereocenters. The van der Waals surface area contributed by atoms with Crippen molar-refractivity contribution in [3.05, 3.63) is 24.0 Å². The Morgan fingerprint density at radius 3 is 3.56 bits per heavy atom. The summed E-state index contributed by atoms with van der Waals surface area (Å²) in [6, 6.07) is 5.10. The minimum Gasteiger partial charge on any atom is -0.348 e. The first kappa shape index (κ1) is 5.06. The van der Waals surface area contributed by atoms with Crippen LogP contribution in [-0.4, -0.2) is 11.1 Å². The summed E-state index contributed by atoms with van der Waals surface area (Å²) in [5, 5.41) is 3.29. The van der Waals surface area contributed by atoms with Gasteiger partial charge in [0.1, 0.15) is 0 Å². The van der Waals surface area contributed by atoms with Gasteiger partial charge in [0.15, 0.2) is 0 Å². The lowest BCUT2D eigenvalue weighted by atomic mass is 10.3. The molecule has 0 aromatic carbocycles. The average Bonchev–Trinajstić information content (AvgIpc) is 2.33. The normalized spacial score (nSPS) is 17.3. The van der Waals surface area contributed by atoms with Gasteiger partial charge in [-0.05, 0) is 6.07 Å². The Labute approximate surface area is 54.5 Å². The lowest BCUT2D eigenvalue weighted by molar-refractivity contribution is 0.517. The third-order valence-electron chi connectivity index (χ3n) is 1.68. The van der Waals surface area contributed by atoms with Crippen molar-refractivity contribution < 1.29 is 0 Å². The molecule has 0 bridgehead atoms. The topological polar surface area (TPSA) is 17.0 Å². The van der Waals surface area contributed by atoms with Crippen LogP contribution in [0.25, 0.3) is 0 Å². The second-order valence-corrected chi connectivity index (χ2v) is 2.30. The third kappa shape index (κ3) is 0.754. The fraction of sp³-hybridized carbons (Fsp3) is 0.429. The van der Waals surface area contributed by atoms with E-state index in [0.717, 1.165) is 19.6 Å². The van der Waals surface area contributed by atoms with Crippen molar-refractivity contribution in [2.45, 2.75) is 13.1 Å². The van der Waals surface area contributed by atoms with E-state index in [1.54, 1.807) is 0 Å². The van der Waals surface area contributed by atoms with Crippen LogP contribution in [0.2, 0.25) is 0 Å². The van der Waals surface area contributed by atoms with Crippen LogP contribution in [0, 0.1) is 6.07 Å². The van der Waals surface area contributed by atoms with Gasteiger partial charge in [-0.15, -0.1) is 0 Å². The van der Waals surface area contributed by atoms with Gasteiger partial charge in [-0.1, -0.05) is 0 Å². The number of rotatable bonds is 0. The molecule has 0 saturated carbocycles. The second-order valence-electron chi connectivity index (χ2n) is 2.30. The van der Waals surface area contributed by atoms with E-state index in [0.29, 0.717) is 0 Å². The molecule has 47 valence electrons. The van der Waals surface area contributed by atoms with Crippen LogP contribution in [-0.2, 0) is 13.1 Å². The number of nitrogens with one attached hydrogen (secondary N) is 1. The lowest BCUT2D eigenvalue weighted by Gasteiger charge is -2.15. The molecule has 0 fully saturated rings. The van der Waals surface area contributed by atoms with Crippen LogP contribution >= 0.6 is 0 Å². The van der Waals surface area contributed by atoms with Gasteiger partial charge in [0, 0.05) is 37.6 Å². The molecule has 2 nitrogen and oxygen atoms in total. The maximum atomic E-state index is 3.29. The van der Waals surface area contributed by atoms with Gasteiger partial charge in [0.05, 0.1) is 0 Å². The van der Waals surface area contributed by atoms with E-state index < -0.39 is 0 Å². The van der Waals surface area contributed by atoms with E-state index in [4.69, 9.17) is 0 Å². The molecular formula is C7H9N2. The van der Waals surface area contributed by atoms with Crippen LogP contribution in [0.3, 0.4) is 0 Å². The minimum absolute atomic E-state index is 1.00. The molecule has 1 aromatic heterocycles. The molecule has 0 unspecified atom stereocenters. The molecule has 0 spiro atoms. The molecule has 1 aliphatic rings. The number of hydrogen-bond donors (Lipinski definition) is 1. The molecule has 9 heavy (non-hydrogen) atoms.